The van der Waals surface area contributed by atoms with E-state index in [0.29, 0.717) is 0 Å². The molecule has 1 aliphatic carbocycles. The molecule has 2 heterocycles. The standard InChI is InChI=1S/C20H25F2N7O3/c1-9(26-20(31)32)15(10-4-3-5-10)28-19-14(22)7-12(16(23)30)17(29-19)27-11-6-13(21)18(24-2)25-8-11/h6-10,15,26H,3-5H2,1-2H3,(H2,23,30)(H,24,25)(H,31,32)(H2,27,28,29)/t9-,15+/m0/s1. The van der Waals surface area contributed by atoms with Gasteiger partial charge in [-0.3, -0.25) is 4.79 Å². The molecule has 7 N–H and O–H groups in total. The minimum Gasteiger partial charge on any atom is -0.465 e. The molecule has 3 rings (SSSR count). The number of anilines is 4. The number of aromatic nitrogens is 2. The number of nitrogens with one attached hydrogen (secondary N) is 4. The van der Waals surface area contributed by atoms with E-state index in [1.54, 1.807) is 6.92 Å². The second kappa shape index (κ2) is 9.62. The quantitative estimate of drug-likeness (QED) is 0.341. The Balaban J connectivity index is 1.93. The van der Waals surface area contributed by atoms with E-state index in [2.05, 4.69) is 31.2 Å². The van der Waals surface area contributed by atoms with Gasteiger partial charge in [-0.1, -0.05) is 6.42 Å². The van der Waals surface area contributed by atoms with Crippen molar-refractivity contribution < 1.29 is 23.5 Å². The molecule has 2 aromatic heterocycles. The average Bonchev–Trinajstić information content (AvgIpc) is 2.67. The molecule has 172 valence electrons. The number of carbonyl (C=O) groups excluding carboxylic acids is 1. The molecule has 0 aliphatic heterocycles. The van der Waals surface area contributed by atoms with Gasteiger partial charge in [0.05, 0.1) is 23.5 Å². The van der Waals surface area contributed by atoms with Crippen molar-refractivity contribution in [3.63, 3.8) is 0 Å². The van der Waals surface area contributed by atoms with Crippen molar-refractivity contribution in [2.75, 3.05) is 23.0 Å². The topological polar surface area (TPSA) is 154 Å². The minimum atomic E-state index is -1.19. The van der Waals surface area contributed by atoms with Gasteiger partial charge in [0.25, 0.3) is 5.91 Å². The molecule has 0 unspecified atom stereocenters. The van der Waals surface area contributed by atoms with Crippen LogP contribution in [0.15, 0.2) is 18.3 Å². The highest BCUT2D eigenvalue weighted by atomic mass is 19.1. The number of rotatable bonds is 9. The van der Waals surface area contributed by atoms with Crippen LogP contribution in [-0.4, -0.2) is 46.2 Å². The Bertz CT molecular complexity index is 1020. The van der Waals surface area contributed by atoms with Gasteiger partial charge in [-0.25, -0.2) is 23.5 Å². The van der Waals surface area contributed by atoms with E-state index in [1.165, 1.54) is 13.2 Å². The van der Waals surface area contributed by atoms with Crippen molar-refractivity contribution in [3.05, 3.63) is 35.5 Å². The van der Waals surface area contributed by atoms with Gasteiger partial charge in [0.2, 0.25) is 0 Å². The first-order valence-electron chi connectivity index (χ1n) is 10.1. The van der Waals surface area contributed by atoms with Gasteiger partial charge in [0.1, 0.15) is 5.82 Å². The number of amides is 2. The van der Waals surface area contributed by atoms with Crippen LogP contribution in [0.3, 0.4) is 0 Å². The molecule has 0 bridgehead atoms. The lowest BCUT2D eigenvalue weighted by molar-refractivity contribution is 0.1000. The van der Waals surface area contributed by atoms with Gasteiger partial charge in [-0.2, -0.15) is 0 Å². The number of halogens is 2. The molecule has 2 aromatic rings. The van der Waals surface area contributed by atoms with Crippen LogP contribution >= 0.6 is 0 Å². The number of nitrogens with zero attached hydrogens (tertiary/aromatic N) is 2. The summed E-state index contributed by atoms with van der Waals surface area (Å²) in [5.41, 5.74) is 5.30. The lowest BCUT2D eigenvalue weighted by atomic mass is 9.77. The van der Waals surface area contributed by atoms with Crippen LogP contribution in [0.25, 0.3) is 0 Å². The van der Waals surface area contributed by atoms with Crippen molar-refractivity contribution in [1.82, 2.24) is 15.3 Å². The second-order valence-corrected chi connectivity index (χ2v) is 7.61. The van der Waals surface area contributed by atoms with Crippen LogP contribution < -0.4 is 27.0 Å². The summed E-state index contributed by atoms with van der Waals surface area (Å²) in [6.07, 6.45) is 2.83. The predicted molar refractivity (Wildman–Crippen MR) is 115 cm³/mol. The Labute approximate surface area is 183 Å². The maximum atomic E-state index is 14.8. The summed E-state index contributed by atoms with van der Waals surface area (Å²) < 4.78 is 28.8. The van der Waals surface area contributed by atoms with E-state index in [-0.39, 0.29) is 34.6 Å². The van der Waals surface area contributed by atoms with Crippen LogP contribution in [0.5, 0.6) is 0 Å². The number of carbonyl (C=O) groups is 2. The van der Waals surface area contributed by atoms with Crippen molar-refractivity contribution in [2.45, 2.75) is 38.3 Å². The Morgan fingerprint density at radius 1 is 1.19 bits per heavy atom. The first-order valence-corrected chi connectivity index (χ1v) is 10.1. The molecule has 0 saturated heterocycles. The Morgan fingerprint density at radius 3 is 2.41 bits per heavy atom. The maximum Gasteiger partial charge on any atom is 0.404 e. The van der Waals surface area contributed by atoms with Crippen LogP contribution in [0, 0.1) is 17.6 Å². The average molecular weight is 449 g/mol. The zero-order valence-electron chi connectivity index (χ0n) is 17.6. The zero-order valence-corrected chi connectivity index (χ0v) is 17.6. The van der Waals surface area contributed by atoms with E-state index < -0.39 is 35.7 Å². The highest BCUT2D eigenvalue weighted by molar-refractivity contribution is 5.98. The van der Waals surface area contributed by atoms with E-state index in [0.717, 1.165) is 31.4 Å². The predicted octanol–water partition coefficient (Wildman–Crippen LogP) is 2.88. The van der Waals surface area contributed by atoms with E-state index >= 15 is 0 Å². The normalized spacial score (nSPS) is 15.2. The van der Waals surface area contributed by atoms with Crippen LogP contribution in [0.4, 0.5) is 36.7 Å². The summed E-state index contributed by atoms with van der Waals surface area (Å²) in [4.78, 5) is 31.0. The zero-order chi connectivity index (χ0) is 23.4. The van der Waals surface area contributed by atoms with Gasteiger partial charge in [-0.05, 0) is 31.7 Å². The summed E-state index contributed by atoms with van der Waals surface area (Å²) >= 11 is 0. The van der Waals surface area contributed by atoms with Gasteiger partial charge < -0.3 is 32.1 Å². The molecule has 0 aromatic carbocycles. The number of hydrogen-bond donors (Lipinski definition) is 6. The second-order valence-electron chi connectivity index (χ2n) is 7.61. The van der Waals surface area contributed by atoms with Gasteiger partial charge in [-0.15, -0.1) is 0 Å². The molecule has 10 nitrogen and oxygen atoms in total. The van der Waals surface area contributed by atoms with E-state index in [4.69, 9.17) is 10.8 Å². The summed E-state index contributed by atoms with van der Waals surface area (Å²) in [6, 6.07) is 1.11. The molecule has 12 heteroatoms. The van der Waals surface area contributed by atoms with Crippen molar-refractivity contribution >= 4 is 35.1 Å². The SMILES string of the molecule is CNc1ncc(Nc2nc(N[C@@H](C3CCC3)[C@H](C)NC(=O)O)c(F)cc2C(N)=O)cc1F. The Hall–Kier alpha value is -3.70. The van der Waals surface area contributed by atoms with E-state index in [9.17, 15) is 18.4 Å². The van der Waals surface area contributed by atoms with Crippen LogP contribution in [0.1, 0.15) is 36.5 Å². The Morgan fingerprint density at radius 2 is 1.88 bits per heavy atom. The number of carboxylic acid groups (broad SMARTS) is 1. The molecule has 1 saturated carbocycles. The van der Waals surface area contributed by atoms with Crippen molar-refractivity contribution in [1.29, 1.82) is 0 Å². The number of primary amides is 1. The van der Waals surface area contributed by atoms with Crippen molar-refractivity contribution in [2.24, 2.45) is 11.7 Å². The highest BCUT2D eigenvalue weighted by Gasteiger charge is 2.33. The summed E-state index contributed by atoms with van der Waals surface area (Å²) in [7, 11) is 1.52. The smallest absolute Gasteiger partial charge is 0.404 e. The van der Waals surface area contributed by atoms with Gasteiger partial charge in [0, 0.05) is 19.2 Å². The molecular formula is C20H25F2N7O3. The van der Waals surface area contributed by atoms with Crippen LogP contribution in [-0.2, 0) is 0 Å². The molecule has 32 heavy (non-hydrogen) atoms. The molecular weight excluding hydrogens is 424 g/mol. The lowest BCUT2D eigenvalue weighted by Gasteiger charge is -2.38. The molecule has 2 amide bonds. The monoisotopic (exact) mass is 449 g/mol. The van der Waals surface area contributed by atoms with Crippen LogP contribution in [0.2, 0.25) is 0 Å². The lowest BCUT2D eigenvalue weighted by Crippen LogP contribution is -2.50. The third kappa shape index (κ3) is 5.13. The first kappa shape index (κ1) is 23.0. The maximum absolute atomic E-state index is 14.8. The third-order valence-electron chi connectivity index (χ3n) is 5.43. The first-order chi connectivity index (χ1) is 15.2. The molecule has 1 aliphatic rings. The third-order valence-corrected chi connectivity index (χ3v) is 5.43. The fourth-order valence-corrected chi connectivity index (χ4v) is 3.59. The summed E-state index contributed by atoms with van der Waals surface area (Å²) in [6.45, 7) is 1.68. The molecule has 0 radical (unpaired) electrons. The van der Waals surface area contributed by atoms with Gasteiger partial charge in [0.15, 0.2) is 23.3 Å². The largest absolute Gasteiger partial charge is 0.465 e. The van der Waals surface area contributed by atoms with Gasteiger partial charge >= 0.3 is 6.09 Å². The van der Waals surface area contributed by atoms with Crippen molar-refractivity contribution in [3.8, 4) is 0 Å². The molecule has 0 spiro atoms. The number of pyridine rings is 2. The minimum absolute atomic E-state index is 0.0309. The summed E-state index contributed by atoms with van der Waals surface area (Å²) in [5, 5.41) is 19.8. The number of nitrogens with two attached hydrogens (primary N) is 1. The Kier molecular flexibility index (Phi) is 6.91. The van der Waals surface area contributed by atoms with E-state index in [1.807, 2.05) is 0 Å². The molecule has 1 fully saturated rings. The summed E-state index contributed by atoms with van der Waals surface area (Å²) in [5.74, 6) is -2.52. The highest BCUT2D eigenvalue weighted by Crippen LogP contribution is 2.34. The fraction of sp³-hybridized carbons (Fsp3) is 0.400. The fourth-order valence-electron chi connectivity index (χ4n) is 3.59. The molecule has 2 atom stereocenters. The number of hydrogen-bond acceptors (Lipinski definition) is 7.